The minimum absolute atomic E-state index is 0.518. The summed E-state index contributed by atoms with van der Waals surface area (Å²) in [5.74, 6) is 0. The molecular weight excluding hydrogens is 150 g/mol. The van der Waals surface area contributed by atoms with Crippen molar-refractivity contribution in [3.05, 3.63) is 29.1 Å². The van der Waals surface area contributed by atoms with Crippen LogP contribution in [0.4, 0.5) is 0 Å². The third kappa shape index (κ3) is 1.23. The molecule has 0 radical (unpaired) electrons. The third-order valence-corrected chi connectivity index (χ3v) is 1.98. The number of fused-ring (bicyclic) bond motifs is 1. The standard InChI is InChI=1S/C9H11N3/c10-5-8-2-1-7-6-11-4-3-9(7)12-8/h1-2,6H,3-5,10H2. The van der Waals surface area contributed by atoms with E-state index in [-0.39, 0.29) is 0 Å². The molecule has 0 fully saturated rings. The van der Waals surface area contributed by atoms with Gasteiger partial charge in [0, 0.05) is 31.3 Å². The Morgan fingerprint density at radius 3 is 3.17 bits per heavy atom. The van der Waals surface area contributed by atoms with Crippen molar-refractivity contribution in [2.45, 2.75) is 13.0 Å². The van der Waals surface area contributed by atoms with Gasteiger partial charge < -0.3 is 5.73 Å². The van der Waals surface area contributed by atoms with Crippen molar-refractivity contribution in [1.82, 2.24) is 4.98 Å². The Kier molecular flexibility index (Phi) is 1.87. The SMILES string of the molecule is NCc1ccc2c(n1)CCN=C2. The van der Waals surface area contributed by atoms with Crippen molar-refractivity contribution in [3.8, 4) is 0 Å². The zero-order chi connectivity index (χ0) is 8.39. The van der Waals surface area contributed by atoms with Crippen molar-refractivity contribution in [2.75, 3.05) is 6.54 Å². The highest BCUT2D eigenvalue weighted by molar-refractivity contribution is 5.82. The Morgan fingerprint density at radius 1 is 1.42 bits per heavy atom. The van der Waals surface area contributed by atoms with Crippen LogP contribution in [0.25, 0.3) is 0 Å². The summed E-state index contributed by atoms with van der Waals surface area (Å²) in [6.45, 7) is 1.37. The molecule has 0 saturated carbocycles. The van der Waals surface area contributed by atoms with Crippen molar-refractivity contribution >= 4 is 6.21 Å². The van der Waals surface area contributed by atoms with E-state index in [9.17, 15) is 0 Å². The smallest absolute Gasteiger partial charge is 0.0543 e. The molecular formula is C9H11N3. The molecule has 0 spiro atoms. The van der Waals surface area contributed by atoms with Gasteiger partial charge in [-0.3, -0.25) is 9.98 Å². The van der Waals surface area contributed by atoms with Gasteiger partial charge in [0.1, 0.15) is 0 Å². The normalized spacial score (nSPS) is 14.4. The molecule has 1 aliphatic heterocycles. The first-order valence-corrected chi connectivity index (χ1v) is 4.09. The van der Waals surface area contributed by atoms with Crippen LogP contribution in [0.2, 0.25) is 0 Å². The van der Waals surface area contributed by atoms with E-state index in [4.69, 9.17) is 5.73 Å². The molecule has 1 aliphatic rings. The number of aliphatic imine (C=N–C) groups is 1. The number of rotatable bonds is 1. The summed E-state index contributed by atoms with van der Waals surface area (Å²) >= 11 is 0. The van der Waals surface area contributed by atoms with Crippen LogP contribution in [-0.4, -0.2) is 17.7 Å². The maximum absolute atomic E-state index is 5.49. The van der Waals surface area contributed by atoms with E-state index in [0.29, 0.717) is 6.54 Å². The van der Waals surface area contributed by atoms with E-state index in [1.165, 1.54) is 0 Å². The van der Waals surface area contributed by atoms with Crippen LogP contribution in [0.3, 0.4) is 0 Å². The van der Waals surface area contributed by atoms with Crippen LogP contribution >= 0.6 is 0 Å². The van der Waals surface area contributed by atoms with Crippen molar-refractivity contribution < 1.29 is 0 Å². The first kappa shape index (κ1) is 7.43. The second-order valence-corrected chi connectivity index (χ2v) is 2.83. The second kappa shape index (κ2) is 3.03. The van der Waals surface area contributed by atoms with Crippen molar-refractivity contribution in [3.63, 3.8) is 0 Å². The maximum Gasteiger partial charge on any atom is 0.0543 e. The number of nitrogens with zero attached hydrogens (tertiary/aromatic N) is 2. The van der Waals surface area contributed by atoms with Crippen LogP contribution in [0.1, 0.15) is 17.0 Å². The summed E-state index contributed by atoms with van der Waals surface area (Å²) in [7, 11) is 0. The molecule has 0 aromatic carbocycles. The van der Waals surface area contributed by atoms with Crippen molar-refractivity contribution in [1.29, 1.82) is 0 Å². The molecule has 0 bridgehead atoms. The molecule has 2 heterocycles. The Labute approximate surface area is 71.3 Å². The molecule has 1 aromatic heterocycles. The summed E-state index contributed by atoms with van der Waals surface area (Å²) in [5.41, 5.74) is 8.72. The quantitative estimate of drug-likeness (QED) is 0.652. The summed E-state index contributed by atoms with van der Waals surface area (Å²) < 4.78 is 0. The molecule has 3 nitrogen and oxygen atoms in total. The Morgan fingerprint density at radius 2 is 2.33 bits per heavy atom. The minimum atomic E-state index is 0.518. The van der Waals surface area contributed by atoms with Gasteiger partial charge in [-0.15, -0.1) is 0 Å². The van der Waals surface area contributed by atoms with E-state index < -0.39 is 0 Å². The van der Waals surface area contributed by atoms with E-state index in [1.807, 2.05) is 18.3 Å². The maximum atomic E-state index is 5.49. The Balaban J connectivity index is 2.44. The molecule has 12 heavy (non-hydrogen) atoms. The van der Waals surface area contributed by atoms with Gasteiger partial charge in [-0.2, -0.15) is 0 Å². The zero-order valence-corrected chi connectivity index (χ0v) is 6.83. The van der Waals surface area contributed by atoms with E-state index >= 15 is 0 Å². The molecule has 0 unspecified atom stereocenters. The summed E-state index contributed by atoms with van der Waals surface area (Å²) in [6, 6.07) is 3.99. The summed E-state index contributed by atoms with van der Waals surface area (Å²) in [4.78, 5) is 8.59. The Hall–Kier alpha value is -1.22. The van der Waals surface area contributed by atoms with Gasteiger partial charge in [0.15, 0.2) is 0 Å². The lowest BCUT2D eigenvalue weighted by molar-refractivity contribution is 0.871. The number of nitrogens with two attached hydrogens (primary N) is 1. The molecule has 0 atom stereocenters. The lowest BCUT2D eigenvalue weighted by atomic mass is 10.1. The molecule has 2 N–H and O–H groups in total. The topological polar surface area (TPSA) is 51.3 Å². The fourth-order valence-electron chi connectivity index (χ4n) is 1.32. The third-order valence-electron chi connectivity index (χ3n) is 1.98. The molecule has 1 aromatic rings. The van der Waals surface area contributed by atoms with Crippen LogP contribution < -0.4 is 5.73 Å². The highest BCUT2D eigenvalue weighted by atomic mass is 14.8. The molecule has 0 saturated heterocycles. The highest BCUT2D eigenvalue weighted by Crippen LogP contribution is 2.09. The number of hydrogen-bond donors (Lipinski definition) is 1. The fourth-order valence-corrected chi connectivity index (χ4v) is 1.32. The highest BCUT2D eigenvalue weighted by Gasteiger charge is 2.06. The average Bonchev–Trinajstić information content (AvgIpc) is 2.17. The fraction of sp³-hybridized carbons (Fsp3) is 0.333. The lowest BCUT2D eigenvalue weighted by Gasteiger charge is -2.09. The first-order chi connectivity index (χ1) is 5.90. The van der Waals surface area contributed by atoms with Gasteiger partial charge in [-0.05, 0) is 12.1 Å². The number of pyridine rings is 1. The van der Waals surface area contributed by atoms with Gasteiger partial charge in [-0.1, -0.05) is 0 Å². The van der Waals surface area contributed by atoms with Crippen LogP contribution in [0.15, 0.2) is 17.1 Å². The van der Waals surface area contributed by atoms with Crippen LogP contribution in [-0.2, 0) is 13.0 Å². The van der Waals surface area contributed by atoms with Crippen LogP contribution in [0, 0.1) is 0 Å². The predicted octanol–water partition coefficient (Wildman–Crippen LogP) is 0.515. The van der Waals surface area contributed by atoms with E-state index in [2.05, 4.69) is 9.98 Å². The van der Waals surface area contributed by atoms with E-state index in [0.717, 1.165) is 29.9 Å². The van der Waals surface area contributed by atoms with Gasteiger partial charge in [0.05, 0.1) is 11.4 Å². The zero-order valence-electron chi connectivity index (χ0n) is 6.83. The average molecular weight is 161 g/mol. The predicted molar refractivity (Wildman–Crippen MR) is 48.3 cm³/mol. The lowest BCUT2D eigenvalue weighted by Crippen LogP contribution is -2.09. The number of aromatic nitrogens is 1. The monoisotopic (exact) mass is 161 g/mol. The largest absolute Gasteiger partial charge is 0.325 e. The molecule has 2 rings (SSSR count). The Bertz CT molecular complexity index is 318. The molecule has 0 amide bonds. The number of hydrogen-bond acceptors (Lipinski definition) is 3. The van der Waals surface area contributed by atoms with Gasteiger partial charge in [-0.25, -0.2) is 0 Å². The van der Waals surface area contributed by atoms with Gasteiger partial charge >= 0.3 is 0 Å². The summed E-state index contributed by atoms with van der Waals surface area (Å²) in [6.07, 6.45) is 2.83. The van der Waals surface area contributed by atoms with Gasteiger partial charge in [0.25, 0.3) is 0 Å². The van der Waals surface area contributed by atoms with Gasteiger partial charge in [0.2, 0.25) is 0 Å². The van der Waals surface area contributed by atoms with E-state index in [1.54, 1.807) is 0 Å². The molecule has 62 valence electrons. The molecule has 3 heteroatoms. The molecule has 0 aliphatic carbocycles. The van der Waals surface area contributed by atoms with Crippen molar-refractivity contribution in [2.24, 2.45) is 10.7 Å². The first-order valence-electron chi connectivity index (χ1n) is 4.09. The second-order valence-electron chi connectivity index (χ2n) is 2.83. The van der Waals surface area contributed by atoms with Crippen LogP contribution in [0.5, 0.6) is 0 Å². The minimum Gasteiger partial charge on any atom is -0.325 e. The summed E-state index contributed by atoms with van der Waals surface area (Å²) in [5, 5.41) is 0.